The summed E-state index contributed by atoms with van der Waals surface area (Å²) in [4.78, 5) is 4.65. The fourth-order valence-electron chi connectivity index (χ4n) is 11.3. The van der Waals surface area contributed by atoms with Crippen molar-refractivity contribution in [1.29, 1.82) is 10.5 Å². The van der Waals surface area contributed by atoms with E-state index in [1.165, 1.54) is 44.5 Å². The van der Waals surface area contributed by atoms with E-state index < -0.39 is 0 Å². The van der Waals surface area contributed by atoms with Gasteiger partial charge in [0.15, 0.2) is 0 Å². The lowest BCUT2D eigenvalue weighted by Crippen LogP contribution is -2.16. The van der Waals surface area contributed by atoms with Crippen LogP contribution in [-0.2, 0) is 10.8 Å². The molecular weight excluding hydrogens is 777 g/mol. The Balaban J connectivity index is 1.15. The van der Waals surface area contributed by atoms with Crippen LogP contribution in [0.5, 0.6) is 0 Å². The molecule has 4 heteroatoms. The lowest BCUT2D eigenvalue weighted by Gasteiger charge is -2.32. The maximum atomic E-state index is 10.7. The molecule has 0 radical (unpaired) electrons. The van der Waals surface area contributed by atoms with E-state index >= 15 is 0 Å². The third-order valence-electron chi connectivity index (χ3n) is 14.3. The van der Waals surface area contributed by atoms with E-state index in [0.29, 0.717) is 11.1 Å². The van der Waals surface area contributed by atoms with Gasteiger partial charge in [0, 0.05) is 32.7 Å². The van der Waals surface area contributed by atoms with Crippen LogP contribution in [0.3, 0.4) is 0 Å². The van der Waals surface area contributed by atoms with E-state index in [4.69, 9.17) is 0 Å². The minimum absolute atomic E-state index is 0.200. The van der Waals surface area contributed by atoms with Gasteiger partial charge >= 0.3 is 0 Å². The predicted molar refractivity (Wildman–Crippen MR) is 264 cm³/mol. The van der Waals surface area contributed by atoms with E-state index in [9.17, 15) is 10.5 Å². The van der Waals surface area contributed by atoms with Crippen molar-refractivity contribution in [2.45, 2.75) is 38.5 Å². The minimum Gasteiger partial charge on any atom is -0.308 e. The van der Waals surface area contributed by atoms with Gasteiger partial charge in [0.05, 0.1) is 45.3 Å². The first-order chi connectivity index (χ1) is 31.2. The maximum Gasteiger partial charge on any atom is 0.101 e. The summed E-state index contributed by atoms with van der Waals surface area (Å²) < 4.78 is 0. The molecule has 0 spiro atoms. The third-order valence-corrected chi connectivity index (χ3v) is 14.3. The van der Waals surface area contributed by atoms with E-state index in [2.05, 4.69) is 195 Å². The van der Waals surface area contributed by atoms with Crippen LogP contribution in [0.15, 0.2) is 182 Å². The average molecular weight is 819 g/mol. The van der Waals surface area contributed by atoms with Crippen LogP contribution in [0.4, 0.5) is 34.1 Å². The van der Waals surface area contributed by atoms with E-state index in [0.717, 1.165) is 66.4 Å². The Hall–Kier alpha value is -8.18. The lowest BCUT2D eigenvalue weighted by molar-refractivity contribution is 0.660. The maximum absolute atomic E-state index is 10.7. The summed E-state index contributed by atoms with van der Waals surface area (Å²) in [6.07, 6.45) is 0. The number of hydrogen-bond acceptors (Lipinski definition) is 4. The Morgan fingerprint density at radius 2 is 0.703 bits per heavy atom. The third kappa shape index (κ3) is 5.09. The second kappa shape index (κ2) is 13.7. The second-order valence-electron chi connectivity index (χ2n) is 18.3. The summed E-state index contributed by atoms with van der Waals surface area (Å²) in [7, 11) is 0. The van der Waals surface area contributed by atoms with Crippen molar-refractivity contribution in [1.82, 2.24) is 0 Å². The Kier molecular flexibility index (Phi) is 8.02. The number of nitrogens with zero attached hydrogens (tertiary/aromatic N) is 4. The van der Waals surface area contributed by atoms with Crippen molar-refractivity contribution in [2.24, 2.45) is 0 Å². The molecule has 0 saturated heterocycles. The van der Waals surface area contributed by atoms with Gasteiger partial charge in [-0.05, 0) is 103 Å². The number of nitriles is 2. The highest BCUT2D eigenvalue weighted by Crippen LogP contribution is 2.57. The molecule has 0 fully saturated rings. The fourth-order valence-corrected chi connectivity index (χ4v) is 11.3. The summed E-state index contributed by atoms with van der Waals surface area (Å²) in [5.74, 6) is 0. The molecule has 10 aromatic rings. The molecule has 0 N–H and O–H groups in total. The zero-order valence-electron chi connectivity index (χ0n) is 36.1. The van der Waals surface area contributed by atoms with Gasteiger partial charge < -0.3 is 9.80 Å². The van der Waals surface area contributed by atoms with Gasteiger partial charge in [-0.25, -0.2) is 0 Å². The van der Waals surface area contributed by atoms with E-state index in [1.807, 2.05) is 36.4 Å². The summed E-state index contributed by atoms with van der Waals surface area (Å²) >= 11 is 0. The standard InChI is InChI=1S/C60H42N4/c1-59(2)45-19-9-7-17-41(45)57-47(59)21-13-25-53(57)63(49-23-11-5-15-39(49)35-61)51-33-29-37-28-32-44-52(34-30-38-27-31-43(51)55(37)56(38)44)64(50-24-12-6-16-40(50)36-62)54-26-14-22-48-58(54)42-18-8-10-20-46(42)60(48,3)4/h5-34H,1-4H3. The van der Waals surface area contributed by atoms with Crippen molar-refractivity contribution in [3.05, 3.63) is 215 Å². The average Bonchev–Trinajstić information content (AvgIpc) is 3.72. The molecule has 12 rings (SSSR count). The first-order valence-electron chi connectivity index (χ1n) is 22.0. The molecule has 4 nitrogen and oxygen atoms in total. The zero-order valence-corrected chi connectivity index (χ0v) is 36.1. The fraction of sp³-hybridized carbons (Fsp3) is 0.100. The molecule has 64 heavy (non-hydrogen) atoms. The van der Waals surface area contributed by atoms with Gasteiger partial charge in [0.2, 0.25) is 0 Å². The van der Waals surface area contributed by atoms with Crippen molar-refractivity contribution in [3.8, 4) is 34.4 Å². The van der Waals surface area contributed by atoms with Gasteiger partial charge in [0.25, 0.3) is 0 Å². The Morgan fingerprint density at radius 1 is 0.344 bits per heavy atom. The van der Waals surface area contributed by atoms with Crippen molar-refractivity contribution in [2.75, 3.05) is 9.80 Å². The summed E-state index contributed by atoms with van der Waals surface area (Å²) in [5.41, 5.74) is 16.5. The van der Waals surface area contributed by atoms with Gasteiger partial charge in [-0.1, -0.05) is 161 Å². The van der Waals surface area contributed by atoms with Gasteiger partial charge in [-0.2, -0.15) is 10.5 Å². The van der Waals surface area contributed by atoms with Crippen LogP contribution in [-0.4, -0.2) is 0 Å². The first kappa shape index (κ1) is 37.6. The highest BCUT2D eigenvalue weighted by Gasteiger charge is 2.40. The zero-order chi connectivity index (χ0) is 43.5. The molecule has 0 bridgehead atoms. The first-order valence-corrected chi connectivity index (χ1v) is 22.0. The number of hydrogen-bond donors (Lipinski definition) is 0. The number of fused-ring (bicyclic) bond motifs is 6. The van der Waals surface area contributed by atoms with Crippen molar-refractivity contribution >= 4 is 66.4 Å². The van der Waals surface area contributed by atoms with Gasteiger partial charge in [0.1, 0.15) is 12.1 Å². The predicted octanol–water partition coefficient (Wildman–Crippen LogP) is 15.9. The Bertz CT molecular complexity index is 3430. The minimum atomic E-state index is -0.200. The molecule has 0 atom stereocenters. The van der Waals surface area contributed by atoms with Crippen LogP contribution in [0.2, 0.25) is 0 Å². The molecule has 0 aliphatic heterocycles. The van der Waals surface area contributed by atoms with Crippen LogP contribution in [0.25, 0.3) is 54.6 Å². The molecule has 10 aromatic carbocycles. The van der Waals surface area contributed by atoms with Crippen LogP contribution >= 0.6 is 0 Å². The van der Waals surface area contributed by atoms with Crippen LogP contribution in [0, 0.1) is 22.7 Å². The number of para-hydroxylation sites is 2. The molecule has 0 heterocycles. The van der Waals surface area contributed by atoms with E-state index in [1.54, 1.807) is 0 Å². The Morgan fingerprint density at radius 3 is 1.14 bits per heavy atom. The van der Waals surface area contributed by atoms with Crippen molar-refractivity contribution < 1.29 is 0 Å². The monoisotopic (exact) mass is 818 g/mol. The number of rotatable bonds is 6. The molecule has 2 aliphatic rings. The molecule has 0 amide bonds. The summed E-state index contributed by atoms with van der Waals surface area (Å²) in [6, 6.07) is 69.7. The molecule has 302 valence electrons. The SMILES string of the molecule is CC1(C)c2ccccc2-c2c(N(c3ccccc3C#N)c3ccc4ccc5c(N(c6ccccc6C#N)c6cccc7c6-c6ccccc6C7(C)C)ccc6ccc3c4c65)cccc21. The topological polar surface area (TPSA) is 54.1 Å². The highest BCUT2D eigenvalue weighted by molar-refractivity contribution is 6.28. The number of benzene rings is 10. The van der Waals surface area contributed by atoms with Crippen LogP contribution < -0.4 is 9.80 Å². The molecule has 0 aromatic heterocycles. The lowest BCUT2D eigenvalue weighted by atomic mass is 9.82. The van der Waals surface area contributed by atoms with Gasteiger partial charge in [-0.3, -0.25) is 0 Å². The largest absolute Gasteiger partial charge is 0.308 e. The van der Waals surface area contributed by atoms with Crippen molar-refractivity contribution in [3.63, 3.8) is 0 Å². The highest BCUT2D eigenvalue weighted by atomic mass is 15.2. The van der Waals surface area contributed by atoms with Crippen LogP contribution in [0.1, 0.15) is 61.1 Å². The number of anilines is 6. The normalized spacial score (nSPS) is 13.8. The molecule has 2 aliphatic carbocycles. The summed E-state index contributed by atoms with van der Waals surface area (Å²) in [5, 5.41) is 28.1. The Labute approximate surface area is 373 Å². The quantitative estimate of drug-likeness (QED) is 0.157. The molecule has 0 unspecified atom stereocenters. The summed E-state index contributed by atoms with van der Waals surface area (Å²) in [6.45, 7) is 9.24. The molecule has 0 saturated carbocycles. The van der Waals surface area contributed by atoms with Gasteiger partial charge in [-0.15, -0.1) is 0 Å². The molecular formula is C60H42N4. The smallest absolute Gasteiger partial charge is 0.101 e. The van der Waals surface area contributed by atoms with E-state index in [-0.39, 0.29) is 10.8 Å². The second-order valence-corrected chi connectivity index (χ2v) is 18.3.